The molecule has 2 aromatic heterocycles. The Morgan fingerprint density at radius 3 is 2.60 bits per heavy atom. The third-order valence-corrected chi connectivity index (χ3v) is 6.41. The second-order valence-corrected chi connectivity index (χ2v) is 8.57. The number of benzene rings is 1. The highest BCUT2D eigenvalue weighted by Gasteiger charge is 2.30. The fourth-order valence-corrected chi connectivity index (χ4v) is 4.96. The zero-order chi connectivity index (χ0) is 20.7. The van der Waals surface area contributed by atoms with Crippen LogP contribution in [0.4, 0.5) is 0 Å². The van der Waals surface area contributed by atoms with E-state index in [2.05, 4.69) is 40.0 Å². The lowest BCUT2D eigenvalue weighted by molar-refractivity contribution is 0.0941. The number of hydrogen-bond donors (Lipinski definition) is 2. The quantitative estimate of drug-likeness (QED) is 0.686. The molecule has 1 unspecified atom stereocenters. The van der Waals surface area contributed by atoms with Crippen molar-refractivity contribution < 1.29 is 9.21 Å². The number of carbonyl (C=O) groups excluding carboxylic acids is 1. The van der Waals surface area contributed by atoms with Crippen LogP contribution >= 0.6 is 0 Å². The molecule has 2 aliphatic rings. The molecule has 2 N–H and O–H groups in total. The van der Waals surface area contributed by atoms with Crippen LogP contribution in [-0.4, -0.2) is 27.8 Å². The van der Waals surface area contributed by atoms with Crippen LogP contribution in [0.25, 0.3) is 0 Å². The van der Waals surface area contributed by atoms with Crippen molar-refractivity contribution in [2.45, 2.75) is 57.7 Å². The third-order valence-electron chi connectivity index (χ3n) is 6.41. The summed E-state index contributed by atoms with van der Waals surface area (Å²) >= 11 is 0. The van der Waals surface area contributed by atoms with Crippen LogP contribution < -0.4 is 10.6 Å². The fraction of sp³-hybridized carbons (Fsp3) is 0.417. The Hall–Kier alpha value is -2.86. The molecule has 6 heteroatoms. The average Bonchev–Trinajstić information content (AvgIpc) is 3.43. The van der Waals surface area contributed by atoms with Crippen LogP contribution in [-0.2, 0) is 39.3 Å². The molecule has 0 saturated carbocycles. The van der Waals surface area contributed by atoms with E-state index < -0.39 is 0 Å². The molecule has 1 amide bonds. The maximum atomic E-state index is 12.9. The Morgan fingerprint density at radius 2 is 1.90 bits per heavy atom. The molecule has 5 rings (SSSR count). The lowest BCUT2D eigenvalue weighted by Crippen LogP contribution is -2.42. The van der Waals surface area contributed by atoms with Crippen LogP contribution in [0.1, 0.15) is 50.8 Å². The molecule has 0 saturated heterocycles. The van der Waals surface area contributed by atoms with E-state index in [0.717, 1.165) is 49.2 Å². The van der Waals surface area contributed by atoms with Gasteiger partial charge in [0.05, 0.1) is 6.54 Å². The van der Waals surface area contributed by atoms with Crippen LogP contribution in [0.2, 0.25) is 0 Å². The largest absolute Gasteiger partial charge is 0.465 e. The summed E-state index contributed by atoms with van der Waals surface area (Å²) in [6.45, 7) is 2.27. The lowest BCUT2D eigenvalue weighted by Gasteiger charge is -2.27. The van der Waals surface area contributed by atoms with E-state index in [1.54, 1.807) is 0 Å². The standard InChI is InChI=1S/C24H28N4O2/c1-15-7-9-20(30-15)14-25-24(29)23-21-13-18(8-10-22(21)28(2)27-23)26-19-11-16-5-3-4-6-17(16)12-19/h3-7,9,18-19,26H,8,10-14H2,1-2H3,(H,25,29). The Labute approximate surface area is 176 Å². The second-order valence-electron chi connectivity index (χ2n) is 8.57. The first-order chi connectivity index (χ1) is 14.6. The molecule has 0 radical (unpaired) electrons. The minimum absolute atomic E-state index is 0.130. The van der Waals surface area contributed by atoms with Crippen molar-refractivity contribution >= 4 is 5.91 Å². The van der Waals surface area contributed by atoms with Gasteiger partial charge in [-0.15, -0.1) is 0 Å². The van der Waals surface area contributed by atoms with Gasteiger partial charge in [-0.05, 0) is 62.3 Å². The summed E-state index contributed by atoms with van der Waals surface area (Å²) in [5.74, 6) is 1.47. The molecule has 0 fully saturated rings. The first-order valence-electron chi connectivity index (χ1n) is 10.8. The van der Waals surface area contributed by atoms with Gasteiger partial charge in [0.25, 0.3) is 5.91 Å². The number of nitrogens with one attached hydrogen (secondary N) is 2. The highest BCUT2D eigenvalue weighted by Crippen LogP contribution is 2.27. The lowest BCUT2D eigenvalue weighted by atomic mass is 9.90. The third kappa shape index (κ3) is 3.67. The zero-order valence-corrected chi connectivity index (χ0v) is 17.6. The predicted molar refractivity (Wildman–Crippen MR) is 114 cm³/mol. The molecule has 1 aromatic carbocycles. The molecular formula is C24H28N4O2. The fourth-order valence-electron chi connectivity index (χ4n) is 4.96. The van der Waals surface area contributed by atoms with E-state index in [-0.39, 0.29) is 5.91 Å². The van der Waals surface area contributed by atoms with E-state index >= 15 is 0 Å². The summed E-state index contributed by atoms with van der Waals surface area (Å²) in [6.07, 6.45) is 5.04. The molecule has 30 heavy (non-hydrogen) atoms. The average molecular weight is 405 g/mol. The second kappa shape index (κ2) is 7.76. The minimum atomic E-state index is -0.130. The van der Waals surface area contributed by atoms with Crippen molar-refractivity contribution in [3.63, 3.8) is 0 Å². The predicted octanol–water partition coefficient (Wildman–Crippen LogP) is 2.87. The normalized spacial score (nSPS) is 18.3. The van der Waals surface area contributed by atoms with Crippen molar-refractivity contribution in [2.24, 2.45) is 7.05 Å². The summed E-state index contributed by atoms with van der Waals surface area (Å²) in [5, 5.41) is 11.4. The van der Waals surface area contributed by atoms with Gasteiger partial charge in [0.1, 0.15) is 11.5 Å². The Morgan fingerprint density at radius 1 is 1.13 bits per heavy atom. The molecule has 2 aliphatic carbocycles. The molecule has 2 heterocycles. The summed E-state index contributed by atoms with van der Waals surface area (Å²) in [6, 6.07) is 13.4. The first kappa shape index (κ1) is 19.1. The summed E-state index contributed by atoms with van der Waals surface area (Å²) in [4.78, 5) is 12.9. The highest BCUT2D eigenvalue weighted by atomic mass is 16.3. The number of rotatable bonds is 5. The highest BCUT2D eigenvalue weighted by molar-refractivity contribution is 5.94. The SMILES string of the molecule is Cc1ccc(CNC(=O)c2nn(C)c3c2CC(NC2Cc4ccccc4C2)CC3)o1. The Bertz CT molecular complexity index is 1060. The van der Waals surface area contributed by atoms with Gasteiger partial charge in [-0.25, -0.2) is 0 Å². The van der Waals surface area contributed by atoms with Gasteiger partial charge in [0.15, 0.2) is 5.69 Å². The van der Waals surface area contributed by atoms with Crippen LogP contribution in [0.15, 0.2) is 40.8 Å². The van der Waals surface area contributed by atoms with Gasteiger partial charge in [0, 0.05) is 30.4 Å². The maximum absolute atomic E-state index is 12.9. The van der Waals surface area contributed by atoms with Crippen LogP contribution in [0.5, 0.6) is 0 Å². The van der Waals surface area contributed by atoms with Crippen molar-refractivity contribution in [1.29, 1.82) is 0 Å². The summed E-state index contributed by atoms with van der Waals surface area (Å²) in [5.41, 5.74) is 5.74. The number of nitrogens with zero attached hydrogens (tertiary/aromatic N) is 2. The van der Waals surface area contributed by atoms with E-state index in [0.29, 0.717) is 24.3 Å². The van der Waals surface area contributed by atoms with Gasteiger partial charge in [-0.3, -0.25) is 9.48 Å². The van der Waals surface area contributed by atoms with E-state index in [9.17, 15) is 4.79 Å². The Balaban J connectivity index is 1.26. The van der Waals surface area contributed by atoms with E-state index in [1.165, 1.54) is 16.8 Å². The first-order valence-corrected chi connectivity index (χ1v) is 10.8. The molecular weight excluding hydrogens is 376 g/mol. The van der Waals surface area contributed by atoms with Gasteiger partial charge >= 0.3 is 0 Å². The van der Waals surface area contributed by atoms with Crippen molar-refractivity contribution in [3.05, 3.63) is 76.0 Å². The minimum Gasteiger partial charge on any atom is -0.465 e. The van der Waals surface area contributed by atoms with Gasteiger partial charge in [-0.2, -0.15) is 5.10 Å². The zero-order valence-electron chi connectivity index (χ0n) is 17.6. The molecule has 156 valence electrons. The smallest absolute Gasteiger partial charge is 0.272 e. The Kier molecular flexibility index (Phi) is 4.95. The van der Waals surface area contributed by atoms with Crippen molar-refractivity contribution in [3.8, 4) is 0 Å². The number of aromatic nitrogens is 2. The number of fused-ring (bicyclic) bond motifs is 2. The maximum Gasteiger partial charge on any atom is 0.272 e. The van der Waals surface area contributed by atoms with Crippen molar-refractivity contribution in [1.82, 2.24) is 20.4 Å². The monoisotopic (exact) mass is 404 g/mol. The molecule has 0 bridgehead atoms. The van der Waals surface area contributed by atoms with E-state index in [4.69, 9.17) is 4.42 Å². The topological polar surface area (TPSA) is 72.1 Å². The molecule has 0 spiro atoms. The molecule has 1 atom stereocenters. The van der Waals surface area contributed by atoms with Gasteiger partial charge in [-0.1, -0.05) is 24.3 Å². The van der Waals surface area contributed by atoms with Gasteiger partial charge < -0.3 is 15.1 Å². The van der Waals surface area contributed by atoms with Gasteiger partial charge in [0.2, 0.25) is 0 Å². The number of hydrogen-bond acceptors (Lipinski definition) is 4. The summed E-state index contributed by atoms with van der Waals surface area (Å²) in [7, 11) is 1.94. The van der Waals surface area contributed by atoms with Crippen LogP contribution in [0.3, 0.4) is 0 Å². The number of furan rings is 1. The van der Waals surface area contributed by atoms with Crippen LogP contribution in [0, 0.1) is 6.92 Å². The molecule has 3 aromatic rings. The molecule has 0 aliphatic heterocycles. The number of amides is 1. The van der Waals surface area contributed by atoms with Crippen molar-refractivity contribution in [2.75, 3.05) is 0 Å². The summed E-state index contributed by atoms with van der Waals surface area (Å²) < 4.78 is 7.43. The number of aryl methyl sites for hydroxylation is 2. The van der Waals surface area contributed by atoms with E-state index in [1.807, 2.05) is 30.8 Å². The molecule has 6 nitrogen and oxygen atoms in total. The number of carbonyl (C=O) groups is 1.